The average Bonchev–Trinajstić information content (AvgIpc) is 2.83. The zero-order chi connectivity index (χ0) is 12.4. The molecule has 0 radical (unpaired) electrons. The van der Waals surface area contributed by atoms with E-state index >= 15 is 0 Å². The van der Waals surface area contributed by atoms with E-state index in [4.69, 9.17) is 0 Å². The summed E-state index contributed by atoms with van der Waals surface area (Å²) in [6.45, 7) is 0.426. The van der Waals surface area contributed by atoms with Gasteiger partial charge in [0.1, 0.15) is 5.82 Å². The minimum Gasteiger partial charge on any atom is -0.344 e. The van der Waals surface area contributed by atoms with Crippen molar-refractivity contribution in [3.05, 3.63) is 37.4 Å². The summed E-state index contributed by atoms with van der Waals surface area (Å²) in [4.78, 5) is 16.6. The number of carbonyl (C=O) groups is 1. The van der Waals surface area contributed by atoms with Gasteiger partial charge in [-0.2, -0.15) is 0 Å². The highest BCUT2D eigenvalue weighted by molar-refractivity contribution is 9.13. The Balaban J connectivity index is 2.00. The summed E-state index contributed by atoms with van der Waals surface area (Å²) in [7, 11) is 1.90. The smallest absolute Gasteiger partial charge is 0.261 e. The number of nitrogens with one attached hydrogen (secondary N) is 1. The van der Waals surface area contributed by atoms with Crippen LogP contribution >= 0.6 is 43.2 Å². The molecule has 2 aromatic heterocycles. The Morgan fingerprint density at radius 3 is 2.88 bits per heavy atom. The van der Waals surface area contributed by atoms with Crippen LogP contribution in [0.3, 0.4) is 0 Å². The highest BCUT2D eigenvalue weighted by atomic mass is 79.9. The number of thiophene rings is 1. The molecule has 2 aromatic rings. The van der Waals surface area contributed by atoms with Gasteiger partial charge in [-0.1, -0.05) is 0 Å². The first-order chi connectivity index (χ1) is 8.08. The Morgan fingerprint density at radius 2 is 2.35 bits per heavy atom. The van der Waals surface area contributed by atoms with Gasteiger partial charge in [0.05, 0.1) is 15.2 Å². The van der Waals surface area contributed by atoms with Crippen LogP contribution in [0.15, 0.2) is 26.7 Å². The van der Waals surface area contributed by atoms with E-state index in [1.807, 2.05) is 17.8 Å². The van der Waals surface area contributed by atoms with E-state index in [1.165, 1.54) is 11.3 Å². The standard InChI is InChI=1S/C10H9Br2N3OS/c1-15-3-2-13-8(15)5-14-10(16)7-4-6(11)9(12)17-7/h2-4H,5H2,1H3,(H,14,16). The third kappa shape index (κ3) is 2.97. The molecule has 2 rings (SSSR count). The van der Waals surface area contributed by atoms with Gasteiger partial charge >= 0.3 is 0 Å². The van der Waals surface area contributed by atoms with E-state index in [1.54, 1.807) is 12.3 Å². The Morgan fingerprint density at radius 1 is 1.59 bits per heavy atom. The first-order valence-corrected chi connectivity index (χ1v) is 7.17. The summed E-state index contributed by atoms with van der Waals surface area (Å²) >= 11 is 8.11. The minimum atomic E-state index is -0.0931. The van der Waals surface area contributed by atoms with Crippen LogP contribution in [0, 0.1) is 0 Å². The first kappa shape index (κ1) is 12.8. The van der Waals surface area contributed by atoms with E-state index in [9.17, 15) is 4.79 Å². The largest absolute Gasteiger partial charge is 0.344 e. The van der Waals surface area contributed by atoms with Crippen molar-refractivity contribution in [2.24, 2.45) is 7.05 Å². The summed E-state index contributed by atoms with van der Waals surface area (Å²) in [6.07, 6.45) is 3.56. The van der Waals surface area contributed by atoms with Crippen LogP contribution in [0.5, 0.6) is 0 Å². The molecule has 0 aromatic carbocycles. The Hall–Kier alpha value is -0.660. The molecule has 4 nitrogen and oxygen atoms in total. The molecule has 0 aliphatic carbocycles. The number of carbonyl (C=O) groups excluding carboxylic acids is 1. The number of nitrogens with zero attached hydrogens (tertiary/aromatic N) is 2. The highest BCUT2D eigenvalue weighted by Gasteiger charge is 2.12. The second kappa shape index (κ2) is 5.32. The molecule has 90 valence electrons. The van der Waals surface area contributed by atoms with Crippen LogP contribution in [0.4, 0.5) is 0 Å². The number of hydrogen-bond acceptors (Lipinski definition) is 3. The fraction of sp³-hybridized carbons (Fsp3) is 0.200. The van der Waals surface area contributed by atoms with Crippen molar-refractivity contribution in [2.75, 3.05) is 0 Å². The lowest BCUT2D eigenvalue weighted by atomic mass is 10.4. The predicted molar refractivity (Wildman–Crippen MR) is 74.1 cm³/mol. The van der Waals surface area contributed by atoms with Gasteiger partial charge in [0.2, 0.25) is 0 Å². The second-order valence-corrected chi connectivity index (χ2v) is 6.59. The second-order valence-electron chi connectivity index (χ2n) is 3.37. The van der Waals surface area contributed by atoms with Crippen molar-refractivity contribution in [1.29, 1.82) is 0 Å². The molecule has 17 heavy (non-hydrogen) atoms. The van der Waals surface area contributed by atoms with Crippen LogP contribution in [0.1, 0.15) is 15.5 Å². The number of aromatic nitrogens is 2. The highest BCUT2D eigenvalue weighted by Crippen LogP contribution is 2.32. The first-order valence-electron chi connectivity index (χ1n) is 4.77. The SMILES string of the molecule is Cn1ccnc1CNC(=O)c1cc(Br)c(Br)s1. The van der Waals surface area contributed by atoms with Gasteiger partial charge in [-0.15, -0.1) is 11.3 Å². The van der Waals surface area contributed by atoms with Crippen LogP contribution < -0.4 is 5.32 Å². The van der Waals surface area contributed by atoms with E-state index in [-0.39, 0.29) is 5.91 Å². The third-order valence-corrected chi connectivity index (χ3v) is 5.45. The molecule has 0 aliphatic rings. The summed E-state index contributed by atoms with van der Waals surface area (Å²) in [5.41, 5.74) is 0. The van der Waals surface area contributed by atoms with Crippen LogP contribution in [-0.2, 0) is 13.6 Å². The van der Waals surface area contributed by atoms with Gasteiger partial charge in [0.15, 0.2) is 0 Å². The lowest BCUT2D eigenvalue weighted by Crippen LogP contribution is -2.23. The molecule has 7 heteroatoms. The molecule has 2 heterocycles. The normalized spacial score (nSPS) is 10.5. The average molecular weight is 379 g/mol. The van der Waals surface area contributed by atoms with Crippen LogP contribution in [-0.4, -0.2) is 15.5 Å². The van der Waals surface area contributed by atoms with Gasteiger partial charge < -0.3 is 9.88 Å². The molecule has 0 atom stereocenters. The summed E-state index contributed by atoms with van der Waals surface area (Å²) in [6, 6.07) is 1.79. The van der Waals surface area contributed by atoms with E-state index in [2.05, 4.69) is 42.2 Å². The maximum Gasteiger partial charge on any atom is 0.261 e. The minimum absolute atomic E-state index is 0.0931. The Kier molecular flexibility index (Phi) is 4.01. The summed E-state index contributed by atoms with van der Waals surface area (Å²) in [5.74, 6) is 0.734. The number of halogens is 2. The zero-order valence-electron chi connectivity index (χ0n) is 8.91. The Bertz CT molecular complexity index is 530. The van der Waals surface area contributed by atoms with Crippen molar-refractivity contribution in [2.45, 2.75) is 6.54 Å². The molecule has 0 spiro atoms. The van der Waals surface area contributed by atoms with Crippen molar-refractivity contribution in [3.8, 4) is 0 Å². The molecule has 0 unspecified atom stereocenters. The summed E-state index contributed by atoms with van der Waals surface area (Å²) in [5, 5.41) is 2.83. The van der Waals surface area contributed by atoms with Crippen molar-refractivity contribution in [3.63, 3.8) is 0 Å². The number of aryl methyl sites for hydroxylation is 1. The number of amides is 1. The number of imidazole rings is 1. The lowest BCUT2D eigenvalue weighted by Gasteiger charge is -2.03. The number of hydrogen-bond donors (Lipinski definition) is 1. The fourth-order valence-electron chi connectivity index (χ4n) is 1.27. The van der Waals surface area contributed by atoms with Gasteiger partial charge in [-0.3, -0.25) is 4.79 Å². The van der Waals surface area contributed by atoms with Crippen molar-refractivity contribution >= 4 is 49.1 Å². The maximum absolute atomic E-state index is 11.8. The molecule has 0 bridgehead atoms. The van der Waals surface area contributed by atoms with Crippen molar-refractivity contribution in [1.82, 2.24) is 14.9 Å². The fourth-order valence-corrected chi connectivity index (χ4v) is 3.22. The molecule has 1 N–H and O–H groups in total. The molecule has 0 fully saturated rings. The molecular formula is C10H9Br2N3OS. The number of rotatable bonds is 3. The molecule has 0 saturated carbocycles. The zero-order valence-corrected chi connectivity index (χ0v) is 12.9. The molecule has 0 aliphatic heterocycles. The maximum atomic E-state index is 11.8. The van der Waals surface area contributed by atoms with Crippen LogP contribution in [0.25, 0.3) is 0 Å². The topological polar surface area (TPSA) is 46.9 Å². The van der Waals surface area contributed by atoms with E-state index in [0.717, 1.165) is 14.1 Å². The monoisotopic (exact) mass is 377 g/mol. The quantitative estimate of drug-likeness (QED) is 0.892. The Labute approximate surface area is 119 Å². The van der Waals surface area contributed by atoms with Crippen LogP contribution in [0.2, 0.25) is 0 Å². The van der Waals surface area contributed by atoms with Gasteiger partial charge in [-0.05, 0) is 37.9 Å². The van der Waals surface area contributed by atoms with Gasteiger partial charge in [0.25, 0.3) is 5.91 Å². The van der Waals surface area contributed by atoms with E-state index in [0.29, 0.717) is 11.4 Å². The molecule has 1 amide bonds. The predicted octanol–water partition coefficient (Wildman–Crippen LogP) is 2.94. The summed E-state index contributed by atoms with van der Waals surface area (Å²) < 4.78 is 3.69. The molecule has 0 saturated heterocycles. The lowest BCUT2D eigenvalue weighted by molar-refractivity contribution is 0.0953. The van der Waals surface area contributed by atoms with Crippen molar-refractivity contribution < 1.29 is 4.79 Å². The molecular weight excluding hydrogens is 370 g/mol. The van der Waals surface area contributed by atoms with E-state index < -0.39 is 0 Å². The van der Waals surface area contributed by atoms with Gasteiger partial charge in [-0.25, -0.2) is 4.98 Å². The third-order valence-electron chi connectivity index (χ3n) is 2.20. The van der Waals surface area contributed by atoms with Gasteiger partial charge in [0, 0.05) is 23.9 Å².